The molecule has 1 aliphatic heterocycles. The van der Waals surface area contributed by atoms with Gasteiger partial charge in [0.1, 0.15) is 0 Å². The lowest BCUT2D eigenvalue weighted by Crippen LogP contribution is -2.55. The largest absolute Gasteiger partial charge is 0.325 e. The summed E-state index contributed by atoms with van der Waals surface area (Å²) in [5.74, 6) is -1.92. The number of fused-ring (bicyclic) bond motifs is 2. The van der Waals surface area contributed by atoms with Gasteiger partial charge < -0.3 is 5.32 Å². The highest BCUT2D eigenvalue weighted by molar-refractivity contribution is 7.89. The van der Waals surface area contributed by atoms with E-state index in [1.807, 2.05) is 12.1 Å². The molecule has 8 heteroatoms. The monoisotopic (exact) mass is 474 g/mol. The number of ketones is 2. The van der Waals surface area contributed by atoms with Gasteiger partial charge in [-0.15, -0.1) is 0 Å². The molecule has 34 heavy (non-hydrogen) atoms. The van der Waals surface area contributed by atoms with Crippen molar-refractivity contribution in [2.75, 3.05) is 11.9 Å². The fourth-order valence-electron chi connectivity index (χ4n) is 4.69. The number of carbonyl (C=O) groups excluding carboxylic acids is 3. The molecular formula is C26H22N2O5S. The van der Waals surface area contributed by atoms with Crippen LogP contribution in [0.15, 0.2) is 77.7 Å². The predicted molar refractivity (Wildman–Crippen MR) is 126 cm³/mol. The number of rotatable bonds is 5. The second-order valence-corrected chi connectivity index (χ2v) is 10.2. The van der Waals surface area contributed by atoms with E-state index in [9.17, 15) is 22.8 Å². The molecule has 0 radical (unpaired) electrons. The Labute approximate surface area is 197 Å². The second kappa shape index (κ2) is 8.62. The van der Waals surface area contributed by atoms with Crippen LogP contribution >= 0.6 is 0 Å². The van der Waals surface area contributed by atoms with E-state index in [4.69, 9.17) is 0 Å². The Morgan fingerprint density at radius 2 is 1.65 bits per heavy atom. The summed E-state index contributed by atoms with van der Waals surface area (Å²) in [7, 11) is -4.29. The number of aryl methyl sites for hydroxylation is 1. The van der Waals surface area contributed by atoms with Gasteiger partial charge in [0, 0.05) is 16.8 Å². The molecule has 0 saturated carbocycles. The van der Waals surface area contributed by atoms with E-state index in [0.29, 0.717) is 5.69 Å². The highest BCUT2D eigenvalue weighted by atomic mass is 32.2. The lowest BCUT2D eigenvalue weighted by Gasteiger charge is -2.33. The maximum atomic E-state index is 13.5. The smallest absolute Gasteiger partial charge is 0.245 e. The number of nitrogens with one attached hydrogen (secondary N) is 1. The van der Waals surface area contributed by atoms with Crippen LogP contribution in [-0.2, 0) is 27.7 Å². The molecule has 0 bridgehead atoms. The number of hydrogen-bond donors (Lipinski definition) is 1. The summed E-state index contributed by atoms with van der Waals surface area (Å²) in [5, 5.41) is 2.80. The SMILES string of the molecule is O=C(CN1C(C(=O)c2ccccc2)C(=O)c2ccccc2S1(=O)=O)Nc1cccc2c1CCC2. The van der Waals surface area contributed by atoms with Gasteiger partial charge in [-0.25, -0.2) is 8.42 Å². The van der Waals surface area contributed by atoms with Crippen LogP contribution in [0.5, 0.6) is 0 Å². The van der Waals surface area contributed by atoms with Gasteiger partial charge in [0.15, 0.2) is 17.6 Å². The van der Waals surface area contributed by atoms with E-state index < -0.39 is 40.1 Å². The van der Waals surface area contributed by atoms with Crippen molar-refractivity contribution < 1.29 is 22.8 Å². The van der Waals surface area contributed by atoms with E-state index >= 15 is 0 Å². The molecule has 1 unspecified atom stereocenters. The molecule has 3 aromatic carbocycles. The molecule has 7 nitrogen and oxygen atoms in total. The quantitative estimate of drug-likeness (QED) is 0.452. The maximum Gasteiger partial charge on any atom is 0.245 e. The van der Waals surface area contributed by atoms with Crippen molar-refractivity contribution in [3.8, 4) is 0 Å². The Kier molecular flexibility index (Phi) is 5.63. The molecule has 172 valence electrons. The Morgan fingerprint density at radius 3 is 2.44 bits per heavy atom. The van der Waals surface area contributed by atoms with Crippen LogP contribution in [0, 0.1) is 0 Å². The Bertz CT molecular complexity index is 1420. The normalized spacial score (nSPS) is 18.7. The van der Waals surface area contributed by atoms with Crippen LogP contribution < -0.4 is 5.32 Å². The third kappa shape index (κ3) is 3.74. The average Bonchev–Trinajstić information content (AvgIpc) is 3.33. The van der Waals surface area contributed by atoms with E-state index in [2.05, 4.69) is 5.32 Å². The Morgan fingerprint density at radius 1 is 0.912 bits per heavy atom. The highest BCUT2D eigenvalue weighted by Gasteiger charge is 2.48. The number of hydrogen-bond acceptors (Lipinski definition) is 5. The zero-order valence-corrected chi connectivity index (χ0v) is 19.0. The number of carbonyl (C=O) groups is 3. The Balaban J connectivity index is 1.52. The molecule has 5 rings (SSSR count). The van der Waals surface area contributed by atoms with Crippen LogP contribution in [0.2, 0.25) is 0 Å². The minimum atomic E-state index is -4.29. The molecule has 0 aromatic heterocycles. The molecule has 1 heterocycles. The minimum Gasteiger partial charge on any atom is -0.325 e. The van der Waals surface area contributed by atoms with Crippen LogP contribution in [0.25, 0.3) is 0 Å². The first kappa shape index (κ1) is 22.2. The lowest BCUT2D eigenvalue weighted by molar-refractivity contribution is -0.116. The molecule has 1 atom stereocenters. The minimum absolute atomic E-state index is 0.0469. The molecule has 1 amide bonds. The third-order valence-electron chi connectivity index (χ3n) is 6.30. The fraction of sp³-hybridized carbons (Fsp3) is 0.192. The summed E-state index contributed by atoms with van der Waals surface area (Å²) < 4.78 is 27.8. The summed E-state index contributed by atoms with van der Waals surface area (Å²) in [4.78, 5) is 39.6. The van der Waals surface area contributed by atoms with Crippen molar-refractivity contribution >= 4 is 33.2 Å². The number of amides is 1. The second-order valence-electron chi connectivity index (χ2n) is 8.39. The van der Waals surface area contributed by atoms with E-state index in [1.165, 1.54) is 30.3 Å². The highest BCUT2D eigenvalue weighted by Crippen LogP contribution is 2.32. The number of anilines is 1. The molecule has 3 aromatic rings. The molecule has 0 fully saturated rings. The van der Waals surface area contributed by atoms with Gasteiger partial charge in [0.05, 0.1) is 11.4 Å². The summed E-state index contributed by atoms with van der Waals surface area (Å²) >= 11 is 0. The van der Waals surface area contributed by atoms with Gasteiger partial charge in [-0.2, -0.15) is 4.31 Å². The Hall–Kier alpha value is -3.62. The first-order valence-corrected chi connectivity index (χ1v) is 12.5. The molecule has 0 spiro atoms. The van der Waals surface area contributed by atoms with E-state index in [1.54, 1.807) is 30.3 Å². The van der Waals surface area contributed by atoms with Gasteiger partial charge in [0.2, 0.25) is 15.9 Å². The van der Waals surface area contributed by atoms with Crippen molar-refractivity contribution in [3.63, 3.8) is 0 Å². The van der Waals surface area contributed by atoms with Gasteiger partial charge >= 0.3 is 0 Å². The third-order valence-corrected chi connectivity index (χ3v) is 8.17. The molecule has 2 aliphatic rings. The van der Waals surface area contributed by atoms with Gasteiger partial charge in [-0.3, -0.25) is 14.4 Å². The first-order chi connectivity index (χ1) is 16.4. The van der Waals surface area contributed by atoms with Crippen molar-refractivity contribution in [1.82, 2.24) is 4.31 Å². The van der Waals surface area contributed by atoms with Gasteiger partial charge in [0.25, 0.3) is 0 Å². The van der Waals surface area contributed by atoms with Crippen LogP contribution in [-0.4, -0.2) is 42.8 Å². The van der Waals surface area contributed by atoms with Crippen LogP contribution in [0.1, 0.15) is 38.3 Å². The summed E-state index contributed by atoms with van der Waals surface area (Å²) in [6.07, 6.45) is 2.74. The molecule has 1 N–H and O–H groups in total. The van der Waals surface area contributed by atoms with Gasteiger partial charge in [-0.05, 0) is 48.6 Å². The topological polar surface area (TPSA) is 101 Å². The van der Waals surface area contributed by atoms with Gasteiger partial charge in [-0.1, -0.05) is 54.6 Å². The zero-order chi connectivity index (χ0) is 23.9. The lowest BCUT2D eigenvalue weighted by atomic mass is 9.96. The van der Waals surface area contributed by atoms with Crippen LogP contribution in [0.4, 0.5) is 5.69 Å². The van der Waals surface area contributed by atoms with Crippen molar-refractivity contribution in [1.29, 1.82) is 0 Å². The summed E-state index contributed by atoms with van der Waals surface area (Å²) in [5.41, 5.74) is 2.98. The molecule has 0 saturated heterocycles. The fourth-order valence-corrected chi connectivity index (χ4v) is 6.40. The van der Waals surface area contributed by atoms with Crippen LogP contribution in [0.3, 0.4) is 0 Å². The summed E-state index contributed by atoms with van der Waals surface area (Å²) in [6, 6.07) is 17.8. The first-order valence-electron chi connectivity index (χ1n) is 11.0. The number of nitrogens with zero attached hydrogens (tertiary/aromatic N) is 1. The molecular weight excluding hydrogens is 452 g/mol. The molecule has 1 aliphatic carbocycles. The zero-order valence-electron chi connectivity index (χ0n) is 18.2. The predicted octanol–water partition coefficient (Wildman–Crippen LogP) is 3.25. The number of benzene rings is 3. The van der Waals surface area contributed by atoms with E-state index in [-0.39, 0.29) is 16.0 Å². The standard InChI is InChI=1S/C26H22N2O5S/c29-23(27-21-14-7-11-17-10-6-13-19(17)21)16-28-24(25(30)18-8-2-1-3-9-18)26(31)20-12-4-5-15-22(20)34(28,32)33/h1-5,7-9,11-12,14-15,24H,6,10,13,16H2,(H,27,29). The summed E-state index contributed by atoms with van der Waals surface area (Å²) in [6.45, 7) is -0.657. The van der Waals surface area contributed by atoms with E-state index in [0.717, 1.165) is 34.7 Å². The van der Waals surface area contributed by atoms with Crippen molar-refractivity contribution in [2.45, 2.75) is 30.2 Å². The number of Topliss-reactive ketones (excluding diaryl/α,β-unsaturated/α-hetero) is 2. The average molecular weight is 475 g/mol. The van der Waals surface area contributed by atoms with Crippen molar-refractivity contribution in [2.24, 2.45) is 0 Å². The number of sulfonamides is 1. The van der Waals surface area contributed by atoms with Crippen molar-refractivity contribution in [3.05, 3.63) is 95.1 Å². The maximum absolute atomic E-state index is 13.5.